The number of nitrogens with zero attached hydrogens (tertiary/aromatic N) is 2. The Morgan fingerprint density at radius 1 is 0.657 bits per heavy atom. The molecule has 0 fully saturated rings. The second-order valence-corrected chi connectivity index (χ2v) is 7.38. The smallest absolute Gasteiger partial charge is 0.240 e. The zero-order chi connectivity index (χ0) is 25.5. The second-order valence-electron chi connectivity index (χ2n) is 7.38. The monoisotopic (exact) mass is 484 g/mol. The van der Waals surface area contributed by atoms with Crippen molar-refractivity contribution in [1.82, 2.24) is 10.9 Å². The summed E-state index contributed by atoms with van der Waals surface area (Å²) >= 11 is 0. The Labute approximate surface area is 205 Å². The number of carbonyl (C=O) groups is 2. The molecule has 0 aliphatic rings. The standard InChI is InChI=1S/C25H32N4O6/c1-32-20-12-10-18(14-22(20)34-3)16-26-28-24(30)8-6-5-7-9-25(31)29-27-17-19-11-13-21(33-2)23(15-19)35-4/h10-17H,5-9H2,1-4H3,(H,28,30)(H,29,31)/b26-16-,27-17-. The minimum atomic E-state index is -0.189. The Morgan fingerprint density at radius 3 is 1.43 bits per heavy atom. The summed E-state index contributed by atoms with van der Waals surface area (Å²) in [6.45, 7) is 0. The average molecular weight is 485 g/mol. The molecule has 0 aromatic heterocycles. The molecular weight excluding hydrogens is 452 g/mol. The van der Waals surface area contributed by atoms with Crippen molar-refractivity contribution in [3.05, 3.63) is 47.5 Å². The van der Waals surface area contributed by atoms with E-state index in [-0.39, 0.29) is 11.8 Å². The summed E-state index contributed by atoms with van der Waals surface area (Å²) in [5.41, 5.74) is 6.53. The van der Waals surface area contributed by atoms with Crippen LogP contribution < -0.4 is 29.8 Å². The van der Waals surface area contributed by atoms with E-state index < -0.39 is 0 Å². The molecule has 10 nitrogen and oxygen atoms in total. The van der Waals surface area contributed by atoms with E-state index in [1.165, 1.54) is 12.4 Å². The number of benzene rings is 2. The highest BCUT2D eigenvalue weighted by molar-refractivity contribution is 5.84. The predicted molar refractivity (Wildman–Crippen MR) is 134 cm³/mol. The number of carbonyl (C=O) groups excluding carboxylic acids is 2. The van der Waals surface area contributed by atoms with Crippen LogP contribution in [0.25, 0.3) is 0 Å². The molecule has 0 atom stereocenters. The van der Waals surface area contributed by atoms with Crippen LogP contribution in [0.15, 0.2) is 46.6 Å². The normalized spacial score (nSPS) is 10.9. The fraction of sp³-hybridized carbons (Fsp3) is 0.360. The number of amides is 2. The first-order chi connectivity index (χ1) is 17.0. The van der Waals surface area contributed by atoms with Gasteiger partial charge in [-0.25, -0.2) is 10.9 Å². The average Bonchev–Trinajstić information content (AvgIpc) is 2.88. The van der Waals surface area contributed by atoms with E-state index in [0.717, 1.165) is 17.5 Å². The summed E-state index contributed by atoms with van der Waals surface area (Å²) in [5.74, 6) is 2.02. The van der Waals surface area contributed by atoms with Gasteiger partial charge in [0.15, 0.2) is 23.0 Å². The van der Waals surface area contributed by atoms with Crippen LogP contribution in [0, 0.1) is 0 Å². The molecule has 188 valence electrons. The number of rotatable bonds is 14. The summed E-state index contributed by atoms with van der Waals surface area (Å²) in [5, 5.41) is 7.93. The molecule has 2 amide bonds. The number of ether oxygens (including phenoxy) is 4. The van der Waals surface area contributed by atoms with Crippen LogP contribution in [0.3, 0.4) is 0 Å². The highest BCUT2D eigenvalue weighted by Crippen LogP contribution is 2.27. The summed E-state index contributed by atoms with van der Waals surface area (Å²) in [4.78, 5) is 23.9. The third-order valence-electron chi connectivity index (χ3n) is 4.93. The zero-order valence-corrected chi connectivity index (χ0v) is 20.5. The largest absolute Gasteiger partial charge is 0.493 e. The summed E-state index contributed by atoms with van der Waals surface area (Å²) in [6, 6.07) is 10.7. The van der Waals surface area contributed by atoms with Crippen molar-refractivity contribution in [2.24, 2.45) is 10.2 Å². The van der Waals surface area contributed by atoms with E-state index in [2.05, 4.69) is 21.1 Å². The highest BCUT2D eigenvalue weighted by Gasteiger charge is 2.05. The second kappa shape index (κ2) is 14.9. The van der Waals surface area contributed by atoms with Crippen molar-refractivity contribution in [3.63, 3.8) is 0 Å². The zero-order valence-electron chi connectivity index (χ0n) is 20.5. The lowest BCUT2D eigenvalue weighted by molar-refractivity contribution is -0.121. The molecule has 0 aliphatic carbocycles. The number of nitrogens with one attached hydrogen (secondary N) is 2. The number of methoxy groups -OCH3 is 4. The van der Waals surface area contributed by atoms with Gasteiger partial charge < -0.3 is 18.9 Å². The van der Waals surface area contributed by atoms with Gasteiger partial charge in [-0.1, -0.05) is 6.42 Å². The molecule has 0 radical (unpaired) electrons. The van der Waals surface area contributed by atoms with Crippen molar-refractivity contribution in [2.45, 2.75) is 32.1 Å². The van der Waals surface area contributed by atoms with Crippen LogP contribution in [0.1, 0.15) is 43.2 Å². The van der Waals surface area contributed by atoms with Crippen molar-refractivity contribution in [2.75, 3.05) is 28.4 Å². The van der Waals surface area contributed by atoms with E-state index in [4.69, 9.17) is 18.9 Å². The van der Waals surface area contributed by atoms with Crippen LogP contribution in [-0.2, 0) is 9.59 Å². The van der Waals surface area contributed by atoms with Crippen LogP contribution in [0.2, 0.25) is 0 Å². The molecule has 2 rings (SSSR count). The maximum absolute atomic E-state index is 11.9. The molecule has 0 unspecified atom stereocenters. The van der Waals surface area contributed by atoms with Crippen LogP contribution >= 0.6 is 0 Å². The van der Waals surface area contributed by atoms with Gasteiger partial charge in [-0.3, -0.25) is 9.59 Å². The van der Waals surface area contributed by atoms with E-state index >= 15 is 0 Å². The molecule has 0 saturated heterocycles. The Kier molecular flexibility index (Phi) is 11.6. The van der Waals surface area contributed by atoms with Gasteiger partial charge in [-0.2, -0.15) is 10.2 Å². The molecule has 0 aliphatic heterocycles. The first kappa shape index (κ1) is 27.2. The maximum atomic E-state index is 11.9. The third kappa shape index (κ3) is 9.36. The number of hydrogen-bond acceptors (Lipinski definition) is 8. The Balaban J connectivity index is 1.62. The molecule has 2 N–H and O–H groups in total. The van der Waals surface area contributed by atoms with Gasteiger partial charge in [-0.05, 0) is 60.4 Å². The van der Waals surface area contributed by atoms with Crippen LogP contribution in [0.4, 0.5) is 0 Å². The van der Waals surface area contributed by atoms with Gasteiger partial charge in [0.2, 0.25) is 11.8 Å². The number of hydrazone groups is 2. The van der Waals surface area contributed by atoms with Gasteiger partial charge in [0.1, 0.15) is 0 Å². The highest BCUT2D eigenvalue weighted by atomic mass is 16.5. The lowest BCUT2D eigenvalue weighted by Gasteiger charge is -2.07. The molecule has 0 saturated carbocycles. The number of unbranched alkanes of at least 4 members (excludes halogenated alkanes) is 2. The van der Waals surface area contributed by atoms with Gasteiger partial charge in [0, 0.05) is 12.8 Å². The SMILES string of the molecule is COc1ccc(/C=N\NC(=O)CCCCCC(=O)N/N=C\c2ccc(OC)c(OC)c2)cc1OC. The first-order valence-corrected chi connectivity index (χ1v) is 11.1. The maximum Gasteiger partial charge on any atom is 0.240 e. The predicted octanol–water partition coefficient (Wildman–Crippen LogP) is 3.27. The van der Waals surface area contributed by atoms with E-state index in [1.54, 1.807) is 64.8 Å². The van der Waals surface area contributed by atoms with Gasteiger partial charge in [0.05, 0.1) is 40.9 Å². The first-order valence-electron chi connectivity index (χ1n) is 11.1. The Morgan fingerprint density at radius 2 is 1.06 bits per heavy atom. The van der Waals surface area contributed by atoms with Gasteiger partial charge >= 0.3 is 0 Å². The van der Waals surface area contributed by atoms with Crippen LogP contribution in [-0.4, -0.2) is 52.7 Å². The van der Waals surface area contributed by atoms with Gasteiger partial charge in [0.25, 0.3) is 0 Å². The molecule has 10 heteroatoms. The van der Waals surface area contributed by atoms with E-state index in [9.17, 15) is 9.59 Å². The molecular formula is C25H32N4O6. The van der Waals surface area contributed by atoms with Crippen LogP contribution in [0.5, 0.6) is 23.0 Å². The molecule has 35 heavy (non-hydrogen) atoms. The molecule has 2 aromatic carbocycles. The van der Waals surface area contributed by atoms with Crippen molar-refractivity contribution in [3.8, 4) is 23.0 Å². The molecule has 0 spiro atoms. The summed E-state index contributed by atoms with van der Waals surface area (Å²) in [7, 11) is 6.23. The summed E-state index contributed by atoms with van der Waals surface area (Å²) in [6.07, 6.45) is 5.75. The topological polar surface area (TPSA) is 120 Å². The lowest BCUT2D eigenvalue weighted by atomic mass is 10.1. The van der Waals surface area contributed by atoms with E-state index in [0.29, 0.717) is 48.7 Å². The van der Waals surface area contributed by atoms with E-state index in [1.807, 2.05) is 0 Å². The Hall–Kier alpha value is -4.08. The third-order valence-corrected chi connectivity index (χ3v) is 4.93. The fourth-order valence-electron chi connectivity index (χ4n) is 3.08. The fourth-order valence-corrected chi connectivity index (χ4v) is 3.08. The minimum absolute atomic E-state index is 0.189. The molecule has 0 bridgehead atoms. The van der Waals surface area contributed by atoms with Gasteiger partial charge in [-0.15, -0.1) is 0 Å². The quantitative estimate of drug-likeness (QED) is 0.241. The molecule has 0 heterocycles. The van der Waals surface area contributed by atoms with Crippen molar-refractivity contribution < 1.29 is 28.5 Å². The van der Waals surface area contributed by atoms with Crippen molar-refractivity contribution >= 4 is 24.2 Å². The minimum Gasteiger partial charge on any atom is -0.493 e. The van der Waals surface area contributed by atoms with Crippen molar-refractivity contribution in [1.29, 1.82) is 0 Å². The number of hydrogen-bond donors (Lipinski definition) is 2. The lowest BCUT2D eigenvalue weighted by Crippen LogP contribution is -2.18. The summed E-state index contributed by atoms with van der Waals surface area (Å²) < 4.78 is 20.8. The Bertz CT molecular complexity index is 957. The molecule has 2 aromatic rings.